The third-order valence-electron chi connectivity index (χ3n) is 1.67. The Morgan fingerprint density at radius 3 is 2.73 bits per heavy atom. The molecule has 1 heterocycles. The second kappa shape index (κ2) is 4.33. The van der Waals surface area contributed by atoms with Gasteiger partial charge in [0.2, 0.25) is 5.82 Å². The quantitative estimate of drug-likeness (QED) is 0.775. The molecule has 5 nitrogen and oxygen atoms in total. The SMILES string of the molecule is C[C@@H](n1ncnc1C(=O)OI)C(F)(F)F. The first-order valence-electron chi connectivity index (χ1n) is 3.67. The summed E-state index contributed by atoms with van der Waals surface area (Å²) in [5.41, 5.74) is 0. The maximum atomic E-state index is 12.3. The molecule has 0 saturated carbocycles. The lowest BCUT2D eigenvalue weighted by Crippen LogP contribution is -2.27. The van der Waals surface area contributed by atoms with Crippen LogP contribution in [0.5, 0.6) is 0 Å². The van der Waals surface area contributed by atoms with E-state index in [2.05, 4.69) is 13.1 Å². The van der Waals surface area contributed by atoms with Gasteiger partial charge >= 0.3 is 12.1 Å². The highest BCUT2D eigenvalue weighted by Gasteiger charge is 2.40. The Labute approximate surface area is 96.3 Å². The number of alkyl halides is 3. The van der Waals surface area contributed by atoms with E-state index in [-0.39, 0.29) is 0 Å². The highest BCUT2D eigenvalue weighted by molar-refractivity contribution is 14.1. The number of hydrogen-bond donors (Lipinski definition) is 0. The molecule has 0 unspecified atom stereocenters. The van der Waals surface area contributed by atoms with Crippen molar-refractivity contribution in [3.63, 3.8) is 0 Å². The van der Waals surface area contributed by atoms with Crippen LogP contribution in [-0.4, -0.2) is 26.9 Å². The Bertz CT molecular complexity index is 365. The van der Waals surface area contributed by atoms with Gasteiger partial charge in [-0.2, -0.15) is 18.3 Å². The summed E-state index contributed by atoms with van der Waals surface area (Å²) in [5, 5.41) is 3.33. The van der Waals surface area contributed by atoms with Gasteiger partial charge in [-0.25, -0.2) is 14.5 Å². The average molecular weight is 335 g/mol. The summed E-state index contributed by atoms with van der Waals surface area (Å²) in [6, 6.07) is -1.93. The molecular weight excluding hydrogens is 330 g/mol. The molecule has 9 heteroatoms. The molecule has 0 aliphatic heterocycles. The van der Waals surface area contributed by atoms with Crippen molar-refractivity contribution in [1.82, 2.24) is 14.8 Å². The van der Waals surface area contributed by atoms with E-state index >= 15 is 0 Å². The second-order valence-corrected chi connectivity index (χ2v) is 3.05. The molecular formula is C6H5F3IN3O2. The first-order chi connectivity index (χ1) is 6.88. The predicted molar refractivity (Wildman–Crippen MR) is 50.2 cm³/mol. The number of carbonyl (C=O) groups excluding carboxylic acids is 1. The smallest absolute Gasteiger partial charge is 0.389 e. The Hall–Kier alpha value is -0.870. The zero-order chi connectivity index (χ0) is 11.6. The van der Waals surface area contributed by atoms with E-state index in [9.17, 15) is 18.0 Å². The maximum Gasteiger partial charge on any atom is 0.410 e. The van der Waals surface area contributed by atoms with Gasteiger partial charge in [0.1, 0.15) is 12.4 Å². The number of nitrogens with zero attached hydrogens (tertiary/aromatic N) is 3. The van der Waals surface area contributed by atoms with E-state index in [1.807, 2.05) is 0 Å². The molecule has 0 aromatic carbocycles. The summed E-state index contributed by atoms with van der Waals surface area (Å²) >= 11 is 1.26. The lowest BCUT2D eigenvalue weighted by molar-refractivity contribution is -0.165. The Kier molecular flexibility index (Phi) is 3.52. The standard InChI is InChI=1S/C6H5F3IN3O2/c1-3(6(7,8)9)13-4(5(14)15-10)11-2-12-13/h2-3H,1H3/t3-/m1/s1. The number of rotatable bonds is 2. The van der Waals surface area contributed by atoms with E-state index in [0.29, 0.717) is 4.68 Å². The predicted octanol–water partition coefficient (Wildman–Crippen LogP) is 1.91. The molecule has 0 radical (unpaired) electrons. The zero-order valence-corrected chi connectivity index (χ0v) is 9.48. The van der Waals surface area contributed by atoms with Gasteiger partial charge in [-0.05, 0) is 6.92 Å². The van der Waals surface area contributed by atoms with Crippen LogP contribution in [-0.2, 0) is 3.07 Å². The van der Waals surface area contributed by atoms with Crippen LogP contribution in [0, 0.1) is 0 Å². The van der Waals surface area contributed by atoms with E-state index in [1.165, 1.54) is 23.0 Å². The Balaban J connectivity index is 3.05. The van der Waals surface area contributed by atoms with Crippen molar-refractivity contribution in [2.24, 2.45) is 0 Å². The normalized spacial score (nSPS) is 13.7. The molecule has 1 atom stereocenters. The van der Waals surface area contributed by atoms with Gasteiger partial charge in [-0.1, -0.05) is 0 Å². The van der Waals surface area contributed by atoms with Gasteiger partial charge < -0.3 is 3.07 Å². The molecule has 0 amide bonds. The molecule has 0 spiro atoms. The fraction of sp³-hybridized carbons (Fsp3) is 0.500. The van der Waals surface area contributed by atoms with Crippen molar-refractivity contribution >= 4 is 29.0 Å². The number of aromatic nitrogens is 3. The lowest BCUT2D eigenvalue weighted by Gasteiger charge is -2.16. The first kappa shape index (κ1) is 12.2. The van der Waals surface area contributed by atoms with E-state index in [1.54, 1.807) is 0 Å². The molecule has 0 fully saturated rings. The van der Waals surface area contributed by atoms with Crippen LogP contribution < -0.4 is 0 Å². The van der Waals surface area contributed by atoms with Crippen LogP contribution in [0.4, 0.5) is 13.2 Å². The molecule has 0 N–H and O–H groups in total. The summed E-state index contributed by atoms with van der Waals surface area (Å²) in [5.74, 6) is -1.45. The van der Waals surface area contributed by atoms with Crippen LogP contribution in [0.15, 0.2) is 6.33 Å². The zero-order valence-electron chi connectivity index (χ0n) is 7.32. The minimum Gasteiger partial charge on any atom is -0.389 e. The van der Waals surface area contributed by atoms with Crippen molar-refractivity contribution < 1.29 is 21.0 Å². The minimum atomic E-state index is -4.49. The van der Waals surface area contributed by atoms with Gasteiger partial charge in [0.25, 0.3) is 0 Å². The highest BCUT2D eigenvalue weighted by atomic mass is 127. The molecule has 0 aliphatic rings. The molecule has 84 valence electrons. The monoisotopic (exact) mass is 335 g/mol. The van der Waals surface area contributed by atoms with Crippen LogP contribution >= 0.6 is 23.0 Å². The van der Waals surface area contributed by atoms with Gasteiger partial charge in [0, 0.05) is 0 Å². The molecule has 0 aliphatic carbocycles. The third kappa shape index (κ3) is 2.58. The molecule has 0 saturated heterocycles. The molecule has 1 aromatic rings. The van der Waals surface area contributed by atoms with Crippen molar-refractivity contribution in [3.8, 4) is 0 Å². The van der Waals surface area contributed by atoms with E-state index in [0.717, 1.165) is 13.3 Å². The summed E-state index contributed by atoms with van der Waals surface area (Å²) in [4.78, 5) is 14.4. The first-order valence-corrected chi connectivity index (χ1v) is 4.55. The van der Waals surface area contributed by atoms with Crippen LogP contribution in [0.3, 0.4) is 0 Å². The van der Waals surface area contributed by atoms with Crippen molar-refractivity contribution in [1.29, 1.82) is 0 Å². The highest BCUT2D eigenvalue weighted by Crippen LogP contribution is 2.29. The summed E-state index contributed by atoms with van der Waals surface area (Å²) < 4.78 is 41.7. The minimum absolute atomic E-state index is 0.473. The summed E-state index contributed by atoms with van der Waals surface area (Å²) in [6.07, 6.45) is -3.63. The average Bonchev–Trinajstić information content (AvgIpc) is 2.62. The van der Waals surface area contributed by atoms with Crippen LogP contribution in [0.1, 0.15) is 23.6 Å². The van der Waals surface area contributed by atoms with Gasteiger partial charge in [-0.3, -0.25) is 0 Å². The second-order valence-electron chi connectivity index (χ2n) is 2.61. The number of hydrogen-bond acceptors (Lipinski definition) is 4. The van der Waals surface area contributed by atoms with Gasteiger partial charge in [0.05, 0.1) is 0 Å². The largest absolute Gasteiger partial charge is 0.410 e. The van der Waals surface area contributed by atoms with E-state index in [4.69, 9.17) is 0 Å². The Morgan fingerprint density at radius 1 is 1.67 bits per heavy atom. The molecule has 1 aromatic heterocycles. The lowest BCUT2D eigenvalue weighted by atomic mass is 10.3. The molecule has 15 heavy (non-hydrogen) atoms. The Morgan fingerprint density at radius 2 is 2.27 bits per heavy atom. The molecule has 1 rings (SSSR count). The van der Waals surface area contributed by atoms with Crippen molar-refractivity contribution in [3.05, 3.63) is 12.2 Å². The number of carbonyl (C=O) groups is 1. The van der Waals surface area contributed by atoms with Crippen LogP contribution in [0.2, 0.25) is 0 Å². The van der Waals surface area contributed by atoms with Crippen molar-refractivity contribution in [2.45, 2.75) is 19.1 Å². The fourth-order valence-electron chi connectivity index (χ4n) is 0.853. The fourth-order valence-corrected chi connectivity index (χ4v) is 1.05. The summed E-state index contributed by atoms with van der Waals surface area (Å²) in [7, 11) is 0. The maximum absolute atomic E-state index is 12.3. The number of halogens is 4. The molecule has 0 bridgehead atoms. The van der Waals surface area contributed by atoms with E-state index < -0.39 is 24.0 Å². The van der Waals surface area contributed by atoms with Gasteiger partial charge in [-0.15, -0.1) is 0 Å². The third-order valence-corrected chi connectivity index (χ3v) is 2.07. The summed E-state index contributed by atoms with van der Waals surface area (Å²) in [6.45, 7) is 0.874. The topological polar surface area (TPSA) is 57.0 Å². The van der Waals surface area contributed by atoms with Gasteiger partial charge in [0.15, 0.2) is 23.0 Å². The van der Waals surface area contributed by atoms with Crippen molar-refractivity contribution in [2.75, 3.05) is 0 Å². The van der Waals surface area contributed by atoms with Crippen LogP contribution in [0.25, 0.3) is 0 Å².